The van der Waals surface area contributed by atoms with Crippen molar-refractivity contribution in [3.8, 4) is 0 Å². The molecule has 0 spiro atoms. The summed E-state index contributed by atoms with van der Waals surface area (Å²) in [6, 6.07) is 11.2. The van der Waals surface area contributed by atoms with Crippen LogP contribution in [-0.2, 0) is 19.6 Å². The molecule has 0 bridgehead atoms. The molecule has 2 amide bonds. The molecule has 2 aromatic carbocycles. The van der Waals surface area contributed by atoms with Gasteiger partial charge in [-0.05, 0) is 55.3 Å². The van der Waals surface area contributed by atoms with E-state index in [-0.39, 0.29) is 17.3 Å². The fraction of sp³-hybridized carbons (Fsp3) is 0.222. The number of aryl methyl sites for hydroxylation is 1. The summed E-state index contributed by atoms with van der Waals surface area (Å²) in [4.78, 5) is 23.0. The molecule has 0 aliphatic heterocycles. The van der Waals surface area contributed by atoms with Crippen LogP contribution in [-0.4, -0.2) is 26.8 Å². The number of benzene rings is 2. The zero-order valence-electron chi connectivity index (χ0n) is 14.8. The zero-order valence-corrected chi connectivity index (χ0v) is 15.6. The van der Waals surface area contributed by atoms with Crippen LogP contribution in [0.3, 0.4) is 0 Å². The molecule has 0 aromatic heterocycles. The summed E-state index contributed by atoms with van der Waals surface area (Å²) in [6.07, 6.45) is 0. The first-order chi connectivity index (χ1) is 12.2. The highest BCUT2D eigenvalue weighted by molar-refractivity contribution is 7.89. The van der Waals surface area contributed by atoms with Gasteiger partial charge in [0.2, 0.25) is 21.8 Å². The fourth-order valence-corrected chi connectivity index (χ4v) is 3.23. The summed E-state index contributed by atoms with van der Waals surface area (Å²) >= 11 is 0. The summed E-state index contributed by atoms with van der Waals surface area (Å²) in [6.45, 7) is 4.79. The van der Waals surface area contributed by atoms with E-state index in [4.69, 9.17) is 0 Å². The molecule has 0 radical (unpaired) electrons. The smallest absolute Gasteiger partial charge is 0.241 e. The Labute approximate surface area is 152 Å². The van der Waals surface area contributed by atoms with Crippen molar-refractivity contribution in [2.75, 3.05) is 17.2 Å². The van der Waals surface area contributed by atoms with Gasteiger partial charge in [-0.25, -0.2) is 13.1 Å². The molecule has 2 aromatic rings. The molecular weight excluding hydrogens is 354 g/mol. The van der Waals surface area contributed by atoms with E-state index < -0.39 is 15.9 Å². The Morgan fingerprint density at radius 2 is 1.62 bits per heavy atom. The van der Waals surface area contributed by atoms with E-state index in [2.05, 4.69) is 15.4 Å². The molecule has 7 nitrogen and oxygen atoms in total. The van der Waals surface area contributed by atoms with Crippen LogP contribution < -0.4 is 15.4 Å². The number of carbonyl (C=O) groups excluding carboxylic acids is 2. The summed E-state index contributed by atoms with van der Waals surface area (Å²) in [5.41, 5.74) is 3.10. The normalized spacial score (nSPS) is 11.0. The molecule has 3 N–H and O–H groups in total. The summed E-state index contributed by atoms with van der Waals surface area (Å²) in [5, 5.41) is 5.24. The zero-order chi connectivity index (χ0) is 19.3. The van der Waals surface area contributed by atoms with Gasteiger partial charge in [0, 0.05) is 18.3 Å². The van der Waals surface area contributed by atoms with Crippen LogP contribution in [0.15, 0.2) is 47.4 Å². The molecule has 0 aliphatic rings. The number of carbonyl (C=O) groups is 2. The maximum absolute atomic E-state index is 12.3. The first-order valence-corrected chi connectivity index (χ1v) is 9.41. The maximum atomic E-state index is 12.3. The maximum Gasteiger partial charge on any atom is 0.241 e. The predicted molar refractivity (Wildman–Crippen MR) is 100 cm³/mol. The standard InChI is InChI=1S/C18H21N3O4S/c1-12-5-4-6-17(13(12)2)21-18(23)11-19-26(24,25)16-9-7-15(8-10-16)20-14(3)22/h4-10,19H,11H2,1-3H3,(H,20,22)(H,21,23). The van der Waals surface area contributed by atoms with Gasteiger partial charge in [-0.3, -0.25) is 9.59 Å². The second-order valence-corrected chi connectivity index (χ2v) is 7.59. The van der Waals surface area contributed by atoms with Gasteiger partial charge in [-0.2, -0.15) is 0 Å². The topological polar surface area (TPSA) is 104 Å². The first-order valence-electron chi connectivity index (χ1n) is 7.92. The van der Waals surface area contributed by atoms with Crippen molar-refractivity contribution in [2.45, 2.75) is 25.7 Å². The third-order valence-corrected chi connectivity index (χ3v) is 5.20. The Kier molecular flexibility index (Phi) is 6.12. The number of hydrogen-bond acceptors (Lipinski definition) is 4. The van der Waals surface area contributed by atoms with Gasteiger partial charge in [0.15, 0.2) is 0 Å². The van der Waals surface area contributed by atoms with Crippen LogP contribution in [0.1, 0.15) is 18.1 Å². The van der Waals surface area contributed by atoms with Crippen molar-refractivity contribution in [2.24, 2.45) is 0 Å². The highest BCUT2D eigenvalue weighted by Crippen LogP contribution is 2.18. The molecule has 26 heavy (non-hydrogen) atoms. The summed E-state index contributed by atoms with van der Waals surface area (Å²) in [5.74, 6) is -0.709. The van der Waals surface area contributed by atoms with Gasteiger partial charge in [-0.15, -0.1) is 0 Å². The van der Waals surface area contributed by atoms with Crippen molar-refractivity contribution < 1.29 is 18.0 Å². The minimum absolute atomic E-state index is 0.00568. The number of amides is 2. The molecule has 2 rings (SSSR count). The van der Waals surface area contributed by atoms with E-state index >= 15 is 0 Å². The fourth-order valence-electron chi connectivity index (χ4n) is 2.25. The number of sulfonamides is 1. The lowest BCUT2D eigenvalue weighted by molar-refractivity contribution is -0.115. The van der Waals surface area contributed by atoms with Gasteiger partial charge in [0.1, 0.15) is 0 Å². The number of hydrogen-bond donors (Lipinski definition) is 3. The quantitative estimate of drug-likeness (QED) is 0.720. The van der Waals surface area contributed by atoms with Crippen LogP contribution in [0, 0.1) is 13.8 Å². The highest BCUT2D eigenvalue weighted by atomic mass is 32.2. The number of rotatable bonds is 6. The predicted octanol–water partition coefficient (Wildman–Crippen LogP) is 2.18. The van der Waals surface area contributed by atoms with Gasteiger partial charge in [0.05, 0.1) is 11.4 Å². The van der Waals surface area contributed by atoms with E-state index in [0.29, 0.717) is 11.4 Å². The van der Waals surface area contributed by atoms with Gasteiger partial charge in [0.25, 0.3) is 0 Å². The van der Waals surface area contributed by atoms with Crippen LogP contribution in [0.4, 0.5) is 11.4 Å². The molecule has 0 heterocycles. The van der Waals surface area contributed by atoms with E-state index in [0.717, 1.165) is 11.1 Å². The van der Waals surface area contributed by atoms with Crippen LogP contribution in [0.2, 0.25) is 0 Å². The Balaban J connectivity index is 1.99. The molecule has 138 valence electrons. The van der Waals surface area contributed by atoms with Gasteiger partial charge < -0.3 is 10.6 Å². The van der Waals surface area contributed by atoms with Crippen LogP contribution >= 0.6 is 0 Å². The Bertz CT molecular complexity index is 922. The van der Waals surface area contributed by atoms with Gasteiger partial charge in [-0.1, -0.05) is 12.1 Å². The molecule has 0 fully saturated rings. The number of anilines is 2. The van der Waals surface area contributed by atoms with E-state index in [1.165, 1.54) is 31.2 Å². The van der Waals surface area contributed by atoms with E-state index in [1.807, 2.05) is 26.0 Å². The van der Waals surface area contributed by atoms with Crippen LogP contribution in [0.5, 0.6) is 0 Å². The second kappa shape index (κ2) is 8.11. The Morgan fingerprint density at radius 3 is 2.23 bits per heavy atom. The monoisotopic (exact) mass is 375 g/mol. The molecule has 0 atom stereocenters. The third kappa shape index (κ3) is 5.14. The lowest BCUT2D eigenvalue weighted by atomic mass is 10.1. The molecule has 0 saturated heterocycles. The minimum atomic E-state index is -3.83. The molecule has 0 unspecified atom stereocenters. The van der Waals surface area contributed by atoms with Crippen molar-refractivity contribution in [3.05, 3.63) is 53.6 Å². The van der Waals surface area contributed by atoms with Crippen molar-refractivity contribution >= 4 is 33.2 Å². The SMILES string of the molecule is CC(=O)Nc1ccc(S(=O)(=O)NCC(=O)Nc2cccc(C)c2C)cc1. The average molecular weight is 375 g/mol. The Morgan fingerprint density at radius 1 is 0.962 bits per heavy atom. The average Bonchev–Trinajstić information content (AvgIpc) is 2.57. The first kappa shape index (κ1) is 19.6. The van der Waals surface area contributed by atoms with Crippen molar-refractivity contribution in [1.82, 2.24) is 4.72 Å². The third-order valence-electron chi connectivity index (χ3n) is 3.79. The lowest BCUT2D eigenvalue weighted by Crippen LogP contribution is -2.33. The minimum Gasteiger partial charge on any atom is -0.326 e. The molecule has 0 saturated carbocycles. The second-order valence-electron chi connectivity index (χ2n) is 5.83. The number of nitrogens with one attached hydrogen (secondary N) is 3. The Hall–Kier alpha value is -2.71. The van der Waals surface area contributed by atoms with E-state index in [1.54, 1.807) is 6.07 Å². The molecule has 8 heteroatoms. The van der Waals surface area contributed by atoms with Crippen molar-refractivity contribution in [3.63, 3.8) is 0 Å². The molecular formula is C18H21N3O4S. The lowest BCUT2D eigenvalue weighted by Gasteiger charge is -2.11. The summed E-state index contributed by atoms with van der Waals surface area (Å²) in [7, 11) is -3.83. The van der Waals surface area contributed by atoms with Gasteiger partial charge >= 0.3 is 0 Å². The largest absolute Gasteiger partial charge is 0.326 e. The van der Waals surface area contributed by atoms with E-state index in [9.17, 15) is 18.0 Å². The summed E-state index contributed by atoms with van der Waals surface area (Å²) < 4.78 is 26.8. The van der Waals surface area contributed by atoms with Crippen LogP contribution in [0.25, 0.3) is 0 Å². The highest BCUT2D eigenvalue weighted by Gasteiger charge is 2.16. The molecule has 0 aliphatic carbocycles. The van der Waals surface area contributed by atoms with Crippen molar-refractivity contribution in [1.29, 1.82) is 0 Å².